The zero-order chi connectivity index (χ0) is 21.6. The van der Waals surface area contributed by atoms with Crippen LogP contribution in [-0.4, -0.2) is 67.6 Å². The minimum absolute atomic E-state index is 0.535. The van der Waals surface area contributed by atoms with Gasteiger partial charge in [0.05, 0.1) is 6.61 Å². The highest BCUT2D eigenvalue weighted by molar-refractivity contribution is 5.87. The molecule has 1 fully saturated rings. The van der Waals surface area contributed by atoms with E-state index in [4.69, 9.17) is 4.74 Å². The second-order valence-corrected chi connectivity index (χ2v) is 8.04. The predicted molar refractivity (Wildman–Crippen MR) is 112 cm³/mol. The van der Waals surface area contributed by atoms with E-state index in [9.17, 15) is 25.5 Å². The van der Waals surface area contributed by atoms with Crippen molar-refractivity contribution in [1.29, 1.82) is 0 Å². The number of fused-ring (bicyclic) bond motifs is 1. The second kappa shape index (κ2) is 8.11. The van der Waals surface area contributed by atoms with Crippen LogP contribution in [0.25, 0.3) is 22.0 Å². The van der Waals surface area contributed by atoms with Crippen molar-refractivity contribution < 1.29 is 30.3 Å². The second-order valence-electron chi connectivity index (χ2n) is 8.04. The Bertz CT molecular complexity index is 1050. The van der Waals surface area contributed by atoms with Crippen molar-refractivity contribution in [3.63, 3.8) is 0 Å². The number of aromatic amines is 1. The van der Waals surface area contributed by atoms with E-state index in [1.807, 2.05) is 44.3 Å². The summed E-state index contributed by atoms with van der Waals surface area (Å²) in [5.74, 6) is 0. The Kier molecular flexibility index (Phi) is 5.67. The fourth-order valence-electron chi connectivity index (χ4n) is 4.20. The minimum atomic E-state index is -1.52. The minimum Gasteiger partial charge on any atom is -0.394 e. The highest BCUT2D eigenvalue weighted by Crippen LogP contribution is 2.34. The molecule has 1 aliphatic heterocycles. The number of rotatable bonds is 4. The summed E-state index contributed by atoms with van der Waals surface area (Å²) in [6.07, 6.45) is -5.96. The number of ether oxygens (including phenoxy) is 1. The van der Waals surface area contributed by atoms with Crippen molar-refractivity contribution in [2.24, 2.45) is 0 Å². The van der Waals surface area contributed by atoms with E-state index in [1.54, 1.807) is 6.07 Å². The van der Waals surface area contributed by atoms with Gasteiger partial charge < -0.3 is 35.3 Å². The summed E-state index contributed by atoms with van der Waals surface area (Å²) in [5, 5.41) is 51.6. The van der Waals surface area contributed by atoms with E-state index in [2.05, 4.69) is 11.1 Å². The van der Waals surface area contributed by atoms with Crippen LogP contribution < -0.4 is 0 Å². The van der Waals surface area contributed by atoms with Crippen LogP contribution in [0.1, 0.15) is 22.8 Å². The molecule has 1 aliphatic rings. The number of aromatic nitrogens is 1. The van der Waals surface area contributed by atoms with Gasteiger partial charge in [0.1, 0.15) is 36.6 Å². The molecule has 0 bridgehead atoms. The van der Waals surface area contributed by atoms with E-state index < -0.39 is 43.2 Å². The smallest absolute Gasteiger partial charge is 0.117 e. The molecule has 3 aromatic rings. The largest absolute Gasteiger partial charge is 0.394 e. The standard InChI is InChI=1S/C23H27NO6/c1-11-7-13(14-4-6-17-16(8-14)12(2)9-24-17)3-5-15(11)19(26)23-22(29)21(28)20(27)18(10-25)30-23/h3-9,18-29H,10H2,1-2H3/t18?,19-,20-,21+,22?,23-/m1/s1. The lowest BCUT2D eigenvalue weighted by molar-refractivity contribution is -0.250. The molecule has 2 unspecified atom stereocenters. The molecule has 2 heterocycles. The SMILES string of the molecule is Cc1cc(-c2ccc3[nH]cc(C)c3c2)ccc1[C@@H](O)[C@H]1OC(CO)[C@@H](O)[C@H](O)C1O. The van der Waals surface area contributed by atoms with Gasteiger partial charge in [-0.1, -0.05) is 24.3 Å². The molecule has 1 aromatic heterocycles. The van der Waals surface area contributed by atoms with Gasteiger partial charge in [0, 0.05) is 17.1 Å². The third-order valence-corrected chi connectivity index (χ3v) is 6.05. The number of aryl methyl sites for hydroxylation is 2. The number of benzene rings is 2. The quantitative estimate of drug-likeness (QED) is 0.383. The topological polar surface area (TPSA) is 126 Å². The summed E-state index contributed by atoms with van der Waals surface area (Å²) in [7, 11) is 0. The first-order chi connectivity index (χ1) is 14.3. The molecule has 0 amide bonds. The number of hydrogen-bond donors (Lipinski definition) is 6. The molecule has 6 atom stereocenters. The molecular weight excluding hydrogens is 386 g/mol. The normalized spacial score (nSPS) is 28.0. The Balaban J connectivity index is 1.63. The van der Waals surface area contributed by atoms with Gasteiger partial charge in [0.25, 0.3) is 0 Å². The maximum atomic E-state index is 10.9. The average molecular weight is 413 g/mol. The summed E-state index contributed by atoms with van der Waals surface area (Å²) < 4.78 is 5.51. The van der Waals surface area contributed by atoms with Crippen molar-refractivity contribution >= 4 is 10.9 Å². The van der Waals surface area contributed by atoms with E-state index in [0.29, 0.717) is 5.56 Å². The van der Waals surface area contributed by atoms with Crippen LogP contribution in [-0.2, 0) is 4.74 Å². The molecule has 1 saturated heterocycles. The maximum Gasteiger partial charge on any atom is 0.117 e. The zero-order valence-electron chi connectivity index (χ0n) is 16.9. The van der Waals surface area contributed by atoms with Crippen molar-refractivity contribution in [2.75, 3.05) is 6.61 Å². The molecule has 0 radical (unpaired) electrons. The molecule has 0 spiro atoms. The summed E-state index contributed by atoms with van der Waals surface area (Å²) in [4.78, 5) is 3.23. The molecular formula is C23H27NO6. The summed E-state index contributed by atoms with van der Waals surface area (Å²) in [6.45, 7) is 3.37. The summed E-state index contributed by atoms with van der Waals surface area (Å²) in [5.41, 5.74) is 5.60. The highest BCUT2D eigenvalue weighted by Gasteiger charge is 2.46. The maximum absolute atomic E-state index is 10.9. The Labute approximate surface area is 174 Å². The van der Waals surface area contributed by atoms with Crippen molar-refractivity contribution in [3.8, 4) is 11.1 Å². The first-order valence-electron chi connectivity index (χ1n) is 9.99. The fraction of sp³-hybridized carbons (Fsp3) is 0.391. The zero-order valence-corrected chi connectivity index (χ0v) is 16.9. The Morgan fingerprint density at radius 3 is 2.33 bits per heavy atom. The first kappa shape index (κ1) is 21.0. The van der Waals surface area contributed by atoms with Crippen LogP contribution in [0.5, 0.6) is 0 Å². The fourth-order valence-corrected chi connectivity index (χ4v) is 4.20. The molecule has 0 aliphatic carbocycles. The molecule has 0 saturated carbocycles. The van der Waals surface area contributed by atoms with E-state index in [0.717, 1.165) is 27.6 Å². The summed E-state index contributed by atoms with van der Waals surface area (Å²) >= 11 is 0. The predicted octanol–water partition coefficient (Wildman–Crippen LogP) is 1.33. The van der Waals surface area contributed by atoms with Crippen LogP contribution in [0.4, 0.5) is 0 Å². The number of nitrogens with one attached hydrogen (secondary N) is 1. The summed E-state index contributed by atoms with van der Waals surface area (Å²) in [6, 6.07) is 11.8. The molecule has 30 heavy (non-hydrogen) atoms. The third kappa shape index (κ3) is 3.54. The molecule has 2 aromatic carbocycles. The Morgan fingerprint density at radius 1 is 0.933 bits per heavy atom. The van der Waals surface area contributed by atoms with Crippen LogP contribution in [0.2, 0.25) is 0 Å². The first-order valence-corrected chi connectivity index (χ1v) is 9.99. The van der Waals surface area contributed by atoms with E-state index in [1.165, 1.54) is 5.56 Å². The van der Waals surface area contributed by atoms with Crippen LogP contribution in [0.3, 0.4) is 0 Å². The Hall–Kier alpha value is -2.26. The Morgan fingerprint density at radius 2 is 1.63 bits per heavy atom. The molecule has 4 rings (SSSR count). The number of hydrogen-bond acceptors (Lipinski definition) is 6. The number of aliphatic hydroxyl groups is 5. The van der Waals surface area contributed by atoms with Gasteiger partial charge >= 0.3 is 0 Å². The highest BCUT2D eigenvalue weighted by atomic mass is 16.6. The van der Waals surface area contributed by atoms with Crippen molar-refractivity contribution in [1.82, 2.24) is 4.98 Å². The molecule has 7 heteroatoms. The molecule has 6 N–H and O–H groups in total. The van der Waals surface area contributed by atoms with Gasteiger partial charge in [-0.25, -0.2) is 0 Å². The van der Waals surface area contributed by atoms with Gasteiger partial charge in [-0.3, -0.25) is 0 Å². The van der Waals surface area contributed by atoms with Crippen molar-refractivity contribution in [3.05, 3.63) is 59.3 Å². The molecule has 160 valence electrons. The monoisotopic (exact) mass is 413 g/mol. The third-order valence-electron chi connectivity index (χ3n) is 6.05. The average Bonchev–Trinajstić information content (AvgIpc) is 3.12. The van der Waals surface area contributed by atoms with Gasteiger partial charge in [-0.05, 0) is 53.8 Å². The van der Waals surface area contributed by atoms with Crippen molar-refractivity contribution in [2.45, 2.75) is 50.5 Å². The lowest BCUT2D eigenvalue weighted by atomic mass is 9.88. The van der Waals surface area contributed by atoms with Crippen LogP contribution in [0, 0.1) is 13.8 Å². The van der Waals surface area contributed by atoms with E-state index in [-0.39, 0.29) is 0 Å². The van der Waals surface area contributed by atoms with Crippen LogP contribution in [0.15, 0.2) is 42.6 Å². The van der Waals surface area contributed by atoms with E-state index >= 15 is 0 Å². The lowest BCUT2D eigenvalue weighted by Gasteiger charge is -2.42. The van der Waals surface area contributed by atoms with Gasteiger partial charge in [-0.2, -0.15) is 0 Å². The van der Waals surface area contributed by atoms with Gasteiger partial charge in [-0.15, -0.1) is 0 Å². The number of H-pyrrole nitrogens is 1. The van der Waals surface area contributed by atoms with Crippen LogP contribution >= 0.6 is 0 Å². The van der Waals surface area contributed by atoms with Gasteiger partial charge in [0.15, 0.2) is 0 Å². The van der Waals surface area contributed by atoms with Gasteiger partial charge in [0.2, 0.25) is 0 Å². The molecule has 7 nitrogen and oxygen atoms in total. The lowest BCUT2D eigenvalue weighted by Crippen LogP contribution is -2.59. The number of aliphatic hydroxyl groups excluding tert-OH is 5.